The highest BCUT2D eigenvalue weighted by Gasteiger charge is 2.22. The van der Waals surface area contributed by atoms with E-state index < -0.39 is 11.6 Å². The average Bonchev–Trinajstić information content (AvgIpc) is 3.23. The molecule has 1 aliphatic rings. The molecule has 0 bridgehead atoms. The van der Waals surface area contributed by atoms with Gasteiger partial charge in [-0.25, -0.2) is 28.7 Å². The molecule has 0 spiro atoms. The molecule has 1 aromatic carbocycles. The molecule has 1 atom stereocenters. The molecule has 0 amide bonds. The number of nitrogens with zero attached hydrogens (tertiary/aromatic N) is 6. The molecule has 1 fully saturated rings. The maximum atomic E-state index is 14.9. The van der Waals surface area contributed by atoms with Crippen molar-refractivity contribution >= 4 is 22.8 Å². The van der Waals surface area contributed by atoms with Crippen LogP contribution < -0.4 is 5.32 Å². The van der Waals surface area contributed by atoms with Gasteiger partial charge >= 0.3 is 0 Å². The minimum Gasteiger partial charge on any atom is -0.395 e. The first-order valence-electron chi connectivity index (χ1n) is 12.2. The Bertz CT molecular complexity index is 1410. The number of aliphatic hydroxyl groups excluding tert-OH is 1. The summed E-state index contributed by atoms with van der Waals surface area (Å²) in [4.78, 5) is 19.3. The molecule has 0 aliphatic carbocycles. The number of morpholine rings is 1. The molecule has 2 N–H and O–H groups in total. The maximum absolute atomic E-state index is 14.9. The van der Waals surface area contributed by atoms with Gasteiger partial charge < -0.3 is 19.7 Å². The molecule has 194 valence electrons. The fourth-order valence-corrected chi connectivity index (χ4v) is 4.69. The number of halogens is 2. The van der Waals surface area contributed by atoms with Crippen molar-refractivity contribution in [3.05, 3.63) is 59.7 Å². The number of rotatable bonds is 7. The van der Waals surface area contributed by atoms with E-state index in [1.165, 1.54) is 6.07 Å². The number of aromatic nitrogens is 5. The van der Waals surface area contributed by atoms with Crippen LogP contribution in [0.1, 0.15) is 31.3 Å². The minimum atomic E-state index is -0.663. The van der Waals surface area contributed by atoms with Gasteiger partial charge in [0.15, 0.2) is 11.6 Å². The lowest BCUT2D eigenvalue weighted by molar-refractivity contribution is -0.0313. The molecule has 9 nitrogen and oxygen atoms in total. The van der Waals surface area contributed by atoms with Crippen LogP contribution in [-0.4, -0.2) is 66.9 Å². The quantitative estimate of drug-likeness (QED) is 0.386. The number of hydrogen-bond acceptors (Lipinski definition) is 8. The topological polar surface area (TPSA) is 101 Å². The molecular formula is C26H29F2N7O2. The monoisotopic (exact) mass is 509 g/mol. The van der Waals surface area contributed by atoms with Crippen LogP contribution in [0.5, 0.6) is 0 Å². The fraction of sp³-hybridized carbons (Fsp3) is 0.385. The number of benzene rings is 1. The third-order valence-corrected chi connectivity index (χ3v) is 6.47. The predicted octanol–water partition coefficient (Wildman–Crippen LogP) is 3.99. The van der Waals surface area contributed by atoms with E-state index >= 15 is 0 Å². The van der Waals surface area contributed by atoms with Gasteiger partial charge in [-0.1, -0.05) is 6.07 Å². The molecule has 1 saturated heterocycles. The Balaban J connectivity index is 1.38. The third-order valence-electron chi connectivity index (χ3n) is 6.47. The zero-order valence-corrected chi connectivity index (χ0v) is 20.9. The molecule has 1 aliphatic heterocycles. The molecule has 4 heterocycles. The van der Waals surface area contributed by atoms with Gasteiger partial charge in [-0.2, -0.15) is 0 Å². The number of aryl methyl sites for hydroxylation is 1. The van der Waals surface area contributed by atoms with Crippen LogP contribution in [0.25, 0.3) is 22.3 Å². The highest BCUT2D eigenvalue weighted by Crippen LogP contribution is 2.30. The Morgan fingerprint density at radius 1 is 1.14 bits per heavy atom. The highest BCUT2D eigenvalue weighted by molar-refractivity contribution is 5.83. The van der Waals surface area contributed by atoms with Gasteiger partial charge in [0.05, 0.1) is 37.6 Å². The minimum absolute atomic E-state index is 0.0218. The number of pyridine rings is 1. The van der Waals surface area contributed by atoms with Crippen LogP contribution in [0.4, 0.5) is 20.5 Å². The largest absolute Gasteiger partial charge is 0.395 e. The van der Waals surface area contributed by atoms with E-state index in [0.29, 0.717) is 42.5 Å². The Morgan fingerprint density at radius 2 is 1.97 bits per heavy atom. The van der Waals surface area contributed by atoms with Crippen LogP contribution in [0.3, 0.4) is 0 Å². The van der Waals surface area contributed by atoms with Crippen LogP contribution in [0, 0.1) is 18.6 Å². The third kappa shape index (κ3) is 5.15. The summed E-state index contributed by atoms with van der Waals surface area (Å²) in [7, 11) is 0. The van der Waals surface area contributed by atoms with Crippen molar-refractivity contribution < 1.29 is 18.6 Å². The van der Waals surface area contributed by atoms with Crippen molar-refractivity contribution in [2.24, 2.45) is 0 Å². The zero-order chi connectivity index (χ0) is 26.1. The van der Waals surface area contributed by atoms with Crippen LogP contribution in [0.15, 0.2) is 36.7 Å². The average molecular weight is 510 g/mol. The summed E-state index contributed by atoms with van der Waals surface area (Å²) in [5.74, 6) is 0.102. The number of anilines is 2. The lowest BCUT2D eigenvalue weighted by Crippen LogP contribution is -2.46. The predicted molar refractivity (Wildman–Crippen MR) is 135 cm³/mol. The van der Waals surface area contributed by atoms with E-state index in [2.05, 4.69) is 30.2 Å². The van der Waals surface area contributed by atoms with Crippen LogP contribution in [0.2, 0.25) is 0 Å². The molecular weight excluding hydrogens is 480 g/mol. The molecule has 0 saturated carbocycles. The highest BCUT2D eigenvalue weighted by atomic mass is 19.1. The molecule has 5 rings (SSSR count). The zero-order valence-electron chi connectivity index (χ0n) is 20.9. The van der Waals surface area contributed by atoms with Crippen molar-refractivity contribution in [1.29, 1.82) is 0 Å². The molecule has 3 aromatic heterocycles. The molecule has 0 radical (unpaired) electrons. The normalized spacial score (nSPS) is 16.6. The van der Waals surface area contributed by atoms with Gasteiger partial charge in [0.25, 0.3) is 0 Å². The van der Waals surface area contributed by atoms with Gasteiger partial charge in [0.1, 0.15) is 22.9 Å². The summed E-state index contributed by atoms with van der Waals surface area (Å²) >= 11 is 0. The van der Waals surface area contributed by atoms with Gasteiger partial charge in [-0.05, 0) is 44.5 Å². The first kappa shape index (κ1) is 25.1. The van der Waals surface area contributed by atoms with Crippen molar-refractivity contribution in [1.82, 2.24) is 29.4 Å². The molecule has 0 unspecified atom stereocenters. The first-order valence-corrected chi connectivity index (χ1v) is 12.2. The number of nitrogens with one attached hydrogen (secondary N) is 1. The second-order valence-corrected chi connectivity index (χ2v) is 9.40. The van der Waals surface area contributed by atoms with E-state index in [1.54, 1.807) is 18.3 Å². The van der Waals surface area contributed by atoms with E-state index in [-0.39, 0.29) is 35.8 Å². The maximum Gasteiger partial charge on any atom is 0.229 e. The Kier molecular flexibility index (Phi) is 7.09. The number of aliphatic hydroxyl groups is 1. The number of hydrogen-bond donors (Lipinski definition) is 2. The Labute approximate surface area is 213 Å². The lowest BCUT2D eigenvalue weighted by Gasteiger charge is -2.34. The van der Waals surface area contributed by atoms with Gasteiger partial charge in [0, 0.05) is 30.9 Å². The summed E-state index contributed by atoms with van der Waals surface area (Å²) in [6, 6.07) is 6.66. The summed E-state index contributed by atoms with van der Waals surface area (Å²) in [6.45, 7) is 8.32. The molecule has 4 aromatic rings. The van der Waals surface area contributed by atoms with Crippen molar-refractivity contribution in [3.8, 4) is 11.3 Å². The van der Waals surface area contributed by atoms with Gasteiger partial charge in [-0.15, -0.1) is 0 Å². The van der Waals surface area contributed by atoms with E-state index in [1.807, 2.05) is 31.4 Å². The van der Waals surface area contributed by atoms with Crippen molar-refractivity contribution in [2.45, 2.75) is 39.4 Å². The van der Waals surface area contributed by atoms with Crippen LogP contribution in [-0.2, 0) is 11.3 Å². The summed E-state index contributed by atoms with van der Waals surface area (Å²) < 4.78 is 37.0. The SMILES string of the molecule is Cc1nc2c(F)cc(-c3nc(Nc4ccc(CN5CCOC[C@@H]5CO)cn4)ncc3F)cc2n1C(C)C. The fourth-order valence-electron chi connectivity index (χ4n) is 4.69. The van der Waals surface area contributed by atoms with Crippen molar-refractivity contribution in [2.75, 3.05) is 31.7 Å². The van der Waals surface area contributed by atoms with E-state index in [9.17, 15) is 13.9 Å². The van der Waals surface area contributed by atoms with E-state index in [4.69, 9.17) is 4.74 Å². The molecule has 11 heteroatoms. The number of imidazole rings is 1. The second-order valence-electron chi connectivity index (χ2n) is 9.40. The molecule has 37 heavy (non-hydrogen) atoms. The summed E-state index contributed by atoms with van der Waals surface area (Å²) in [6.07, 6.45) is 2.79. The van der Waals surface area contributed by atoms with Crippen LogP contribution >= 0.6 is 0 Å². The Morgan fingerprint density at radius 3 is 2.70 bits per heavy atom. The van der Waals surface area contributed by atoms with E-state index in [0.717, 1.165) is 18.3 Å². The van der Waals surface area contributed by atoms with Crippen molar-refractivity contribution in [3.63, 3.8) is 0 Å². The van der Waals surface area contributed by atoms with Gasteiger partial charge in [-0.3, -0.25) is 4.90 Å². The first-order chi connectivity index (χ1) is 17.8. The lowest BCUT2D eigenvalue weighted by atomic mass is 10.1. The van der Waals surface area contributed by atoms with Gasteiger partial charge in [0.2, 0.25) is 5.95 Å². The summed E-state index contributed by atoms with van der Waals surface area (Å²) in [5.41, 5.74) is 2.08. The number of fused-ring (bicyclic) bond motifs is 1. The standard InChI is InChI=1S/C26H29F2N7O2/c1-15(2)35-16(3)31-25-20(27)8-18(9-22(25)35)24-21(28)11-30-26(33-24)32-23-5-4-17(10-29-23)12-34-6-7-37-14-19(34)13-36/h4-5,8-11,15,19,36H,6-7,12-14H2,1-3H3,(H,29,30,32,33)/t19-/m0/s1. The Hall–Kier alpha value is -3.54. The summed E-state index contributed by atoms with van der Waals surface area (Å²) in [5, 5.41) is 12.6. The smallest absolute Gasteiger partial charge is 0.229 e. The second kappa shape index (κ2) is 10.4. The number of ether oxygens (including phenoxy) is 1.